The molecule has 1 rings (SSSR count). The van der Waals surface area contributed by atoms with Crippen molar-refractivity contribution in [2.24, 2.45) is 0 Å². The second-order valence-corrected chi connectivity index (χ2v) is 3.81. The van der Waals surface area contributed by atoms with Crippen LogP contribution in [0, 0.1) is 0 Å². The lowest BCUT2D eigenvalue weighted by atomic mass is 10.2. The minimum Gasteiger partial charge on any atom is -0.445 e. The van der Waals surface area contributed by atoms with E-state index in [4.69, 9.17) is 4.74 Å². The second kappa shape index (κ2) is 4.07. The topological polar surface area (TPSA) is 32.8 Å². The van der Waals surface area contributed by atoms with Gasteiger partial charge in [-0.1, -0.05) is 0 Å². The number of rotatable bonds is 3. The van der Waals surface area contributed by atoms with Crippen LogP contribution in [0.25, 0.3) is 0 Å². The Kier molecular flexibility index (Phi) is 3.27. The average Bonchev–Trinajstić information content (AvgIpc) is 2.24. The quantitative estimate of drug-likeness (QED) is 0.587. The lowest BCUT2D eigenvalue weighted by molar-refractivity contribution is -0.142. The van der Waals surface area contributed by atoms with Crippen LogP contribution in [0.4, 0.5) is 0 Å². The molecule has 0 bridgehead atoms. The number of esters is 1. The number of carbonyl (C=O) groups excluding carboxylic acids is 1. The molecule has 0 saturated carbocycles. The van der Waals surface area contributed by atoms with E-state index in [1.54, 1.807) is 0 Å². The molecule has 1 heterocycles. The summed E-state index contributed by atoms with van der Waals surface area (Å²) in [6.45, 7) is 2.81. The van der Waals surface area contributed by atoms with Gasteiger partial charge in [-0.05, 0) is 41.0 Å². The van der Waals surface area contributed by atoms with Gasteiger partial charge < -0.3 is 9.64 Å². The Morgan fingerprint density at radius 2 is 2.15 bits per heavy atom. The highest BCUT2D eigenvalue weighted by molar-refractivity contribution is 5.77. The first-order valence-electron chi connectivity index (χ1n) is 4.59. The van der Waals surface area contributed by atoms with Crippen molar-refractivity contribution >= 4 is 5.97 Å². The van der Waals surface area contributed by atoms with E-state index in [2.05, 4.69) is 4.90 Å². The number of hydrogen-bond donors (Lipinski definition) is 0. The number of hydrogen-bond acceptors (Lipinski definition) is 4. The summed E-state index contributed by atoms with van der Waals surface area (Å²) in [6.07, 6.45) is 0.770. The van der Waals surface area contributed by atoms with Gasteiger partial charge in [0.05, 0.1) is 0 Å². The lowest BCUT2D eigenvalue weighted by Gasteiger charge is -2.19. The van der Waals surface area contributed by atoms with Crippen molar-refractivity contribution in [2.45, 2.75) is 25.6 Å². The molecule has 0 aromatic carbocycles. The lowest BCUT2D eigenvalue weighted by Crippen LogP contribution is -2.35. The van der Waals surface area contributed by atoms with Crippen LogP contribution < -0.4 is 0 Å². The first kappa shape index (κ1) is 10.5. The first-order chi connectivity index (χ1) is 6.02. The van der Waals surface area contributed by atoms with E-state index < -0.39 is 0 Å². The molecule has 0 N–H and O–H groups in total. The third kappa shape index (κ3) is 2.42. The monoisotopic (exact) mass is 186 g/mol. The molecule has 1 aliphatic rings. The van der Waals surface area contributed by atoms with E-state index in [9.17, 15) is 4.79 Å². The molecule has 4 nitrogen and oxygen atoms in total. The normalized spacial score (nSPS) is 29.8. The van der Waals surface area contributed by atoms with Crippen molar-refractivity contribution in [3.63, 3.8) is 0 Å². The Bertz CT molecular complexity index is 194. The van der Waals surface area contributed by atoms with Gasteiger partial charge in [0, 0.05) is 0 Å². The number of nitrogens with zero attached hydrogens (tertiary/aromatic N) is 2. The third-order valence-electron chi connectivity index (χ3n) is 2.47. The van der Waals surface area contributed by atoms with Crippen LogP contribution in [0.3, 0.4) is 0 Å². The molecule has 2 unspecified atom stereocenters. The fourth-order valence-electron chi connectivity index (χ4n) is 1.45. The van der Waals surface area contributed by atoms with Crippen LogP contribution in [0.5, 0.6) is 0 Å². The summed E-state index contributed by atoms with van der Waals surface area (Å²) in [4.78, 5) is 15.4. The summed E-state index contributed by atoms with van der Waals surface area (Å²) in [6, 6.07) is -0.0580. The van der Waals surface area contributed by atoms with Crippen LogP contribution in [0.2, 0.25) is 0 Å². The highest BCUT2D eigenvalue weighted by Crippen LogP contribution is 2.18. The molecule has 1 fully saturated rings. The number of likely N-dealkylation sites (N-methyl/N-ethyl adjacent to an activating group) is 1. The predicted octanol–water partition coefficient (Wildman–Crippen LogP) is 0.141. The Morgan fingerprint density at radius 3 is 2.54 bits per heavy atom. The van der Waals surface area contributed by atoms with Crippen molar-refractivity contribution in [2.75, 3.05) is 27.7 Å². The van der Waals surface area contributed by atoms with Gasteiger partial charge in [-0.3, -0.25) is 9.69 Å². The Morgan fingerprint density at radius 1 is 1.54 bits per heavy atom. The van der Waals surface area contributed by atoms with Crippen molar-refractivity contribution in [1.29, 1.82) is 0 Å². The summed E-state index contributed by atoms with van der Waals surface area (Å²) < 4.78 is 5.09. The molecule has 0 spiro atoms. The molecule has 0 amide bonds. The molecule has 0 aliphatic carbocycles. The molecule has 1 aliphatic heterocycles. The van der Waals surface area contributed by atoms with Gasteiger partial charge in [0.15, 0.2) is 6.23 Å². The van der Waals surface area contributed by atoms with Gasteiger partial charge in [-0.25, -0.2) is 0 Å². The fourth-order valence-corrected chi connectivity index (χ4v) is 1.45. The largest absolute Gasteiger partial charge is 0.445 e. The van der Waals surface area contributed by atoms with Crippen LogP contribution in [0.15, 0.2) is 0 Å². The summed E-state index contributed by atoms with van der Waals surface area (Å²) in [5.74, 6) is -0.0862. The summed E-state index contributed by atoms with van der Waals surface area (Å²) in [7, 11) is 5.93. The minimum absolute atomic E-state index is 0.0580. The Balaban J connectivity index is 2.44. The molecular weight excluding hydrogens is 168 g/mol. The van der Waals surface area contributed by atoms with Crippen LogP contribution in [-0.4, -0.2) is 55.7 Å². The van der Waals surface area contributed by atoms with Crippen molar-refractivity contribution in [3.8, 4) is 0 Å². The van der Waals surface area contributed by atoms with Gasteiger partial charge in [0.1, 0.15) is 6.04 Å². The number of carbonyl (C=O) groups is 1. The zero-order chi connectivity index (χ0) is 10.0. The molecule has 2 atom stereocenters. The second-order valence-electron chi connectivity index (χ2n) is 3.81. The average molecular weight is 186 g/mol. The highest BCUT2D eigenvalue weighted by atomic mass is 16.6. The van der Waals surface area contributed by atoms with E-state index in [1.165, 1.54) is 0 Å². The maximum Gasteiger partial charge on any atom is 0.325 e. The maximum atomic E-state index is 11.3. The van der Waals surface area contributed by atoms with Gasteiger partial charge in [-0.15, -0.1) is 0 Å². The van der Waals surface area contributed by atoms with Gasteiger partial charge >= 0.3 is 5.97 Å². The molecular formula is C9H18N2O2. The Hall–Kier alpha value is -0.610. The zero-order valence-electron chi connectivity index (χ0n) is 8.78. The van der Waals surface area contributed by atoms with E-state index in [0.717, 1.165) is 13.0 Å². The minimum atomic E-state index is -0.0862. The molecule has 1 saturated heterocycles. The van der Waals surface area contributed by atoms with E-state index in [0.29, 0.717) is 0 Å². The molecule has 76 valence electrons. The number of ether oxygens (including phenoxy) is 1. The smallest absolute Gasteiger partial charge is 0.325 e. The van der Waals surface area contributed by atoms with Crippen LogP contribution >= 0.6 is 0 Å². The first-order valence-corrected chi connectivity index (χ1v) is 4.59. The van der Waals surface area contributed by atoms with E-state index in [1.807, 2.05) is 33.0 Å². The van der Waals surface area contributed by atoms with E-state index >= 15 is 0 Å². The van der Waals surface area contributed by atoms with Gasteiger partial charge in [0.2, 0.25) is 0 Å². The third-order valence-corrected chi connectivity index (χ3v) is 2.47. The summed E-state index contributed by atoms with van der Waals surface area (Å²) in [5, 5.41) is 0. The van der Waals surface area contributed by atoms with E-state index in [-0.39, 0.29) is 18.2 Å². The van der Waals surface area contributed by atoms with Crippen LogP contribution in [0.1, 0.15) is 13.3 Å². The number of cyclic esters (lactones) is 1. The van der Waals surface area contributed by atoms with Crippen molar-refractivity contribution < 1.29 is 9.53 Å². The molecule has 0 aromatic rings. The summed E-state index contributed by atoms with van der Waals surface area (Å²) in [5.41, 5.74) is 0. The standard InChI is InChI=1S/C9H18N2O2/c1-7-11(4)8(9(12)13-7)5-6-10(2)3/h7-8H,5-6H2,1-4H3. The van der Waals surface area contributed by atoms with Gasteiger partial charge in [0.25, 0.3) is 0 Å². The molecule has 4 heteroatoms. The van der Waals surface area contributed by atoms with Crippen LogP contribution in [-0.2, 0) is 9.53 Å². The Labute approximate surface area is 79.4 Å². The van der Waals surface area contributed by atoms with Gasteiger partial charge in [-0.2, -0.15) is 0 Å². The fraction of sp³-hybridized carbons (Fsp3) is 0.889. The van der Waals surface area contributed by atoms with Crippen molar-refractivity contribution in [3.05, 3.63) is 0 Å². The highest BCUT2D eigenvalue weighted by Gasteiger charge is 2.36. The predicted molar refractivity (Wildman–Crippen MR) is 50.3 cm³/mol. The van der Waals surface area contributed by atoms with Crippen molar-refractivity contribution in [1.82, 2.24) is 9.80 Å². The SMILES string of the molecule is CC1OC(=O)C(CCN(C)C)N1C. The molecule has 0 radical (unpaired) electrons. The zero-order valence-corrected chi connectivity index (χ0v) is 8.78. The maximum absolute atomic E-state index is 11.3. The molecule has 13 heavy (non-hydrogen) atoms. The summed E-state index contributed by atoms with van der Waals surface area (Å²) >= 11 is 0. The molecule has 0 aromatic heterocycles.